The van der Waals surface area contributed by atoms with Gasteiger partial charge in [-0.1, -0.05) is 0 Å². The van der Waals surface area contributed by atoms with E-state index in [2.05, 4.69) is 15.4 Å². The topological polar surface area (TPSA) is 50.8 Å². The number of rotatable bonds is 2. The number of aryl methyl sites for hydroxylation is 2. The molecule has 0 aliphatic heterocycles. The maximum Gasteiger partial charge on any atom is 0.0856 e. The third-order valence-electron chi connectivity index (χ3n) is 4.00. The number of hydrogen-bond acceptors (Lipinski definition) is 3. The summed E-state index contributed by atoms with van der Waals surface area (Å²) < 4.78 is 5.26. The van der Waals surface area contributed by atoms with E-state index in [9.17, 15) is 0 Å². The van der Waals surface area contributed by atoms with Gasteiger partial charge >= 0.3 is 0 Å². The highest BCUT2D eigenvalue weighted by Gasteiger charge is 2.49. The first-order chi connectivity index (χ1) is 7.40. The normalized spacial score (nSPS) is 33.8. The largest absolute Gasteiger partial charge is 0.384 e. The van der Waals surface area contributed by atoms with Crippen molar-refractivity contribution < 1.29 is 4.74 Å². The van der Waals surface area contributed by atoms with Crippen LogP contribution in [0.4, 0.5) is 0 Å². The fraction of sp³-hybridized carbons (Fsp3) is 0.818. The molecule has 4 heteroatoms. The lowest BCUT2D eigenvalue weighted by Crippen LogP contribution is -2.00. The standard InChI is InChI=1S/C11H17N3O/c1-15-6-9-7-2-4-10-11(13-14-12-10)5-3-8(7)9/h7-9H,2-6H2,1H3,(H,12,13,14). The molecule has 82 valence electrons. The van der Waals surface area contributed by atoms with Gasteiger partial charge in [0.2, 0.25) is 0 Å². The number of aromatic amines is 1. The summed E-state index contributed by atoms with van der Waals surface area (Å²) in [4.78, 5) is 0. The Kier molecular flexibility index (Phi) is 2.24. The Bertz CT molecular complexity index is 321. The van der Waals surface area contributed by atoms with Gasteiger partial charge in [-0.25, -0.2) is 0 Å². The highest BCUT2D eigenvalue weighted by atomic mass is 16.5. The van der Waals surface area contributed by atoms with Crippen molar-refractivity contribution in [2.75, 3.05) is 13.7 Å². The van der Waals surface area contributed by atoms with Gasteiger partial charge in [-0.3, -0.25) is 0 Å². The van der Waals surface area contributed by atoms with Gasteiger partial charge in [0.15, 0.2) is 0 Å². The summed E-state index contributed by atoms with van der Waals surface area (Å²) in [5.41, 5.74) is 2.38. The van der Waals surface area contributed by atoms with E-state index in [4.69, 9.17) is 4.74 Å². The molecule has 0 bridgehead atoms. The number of methoxy groups -OCH3 is 1. The Balaban J connectivity index is 1.69. The molecule has 1 aromatic heterocycles. The smallest absolute Gasteiger partial charge is 0.0856 e. The van der Waals surface area contributed by atoms with Crippen LogP contribution in [0.25, 0.3) is 0 Å². The summed E-state index contributed by atoms with van der Waals surface area (Å²) in [6, 6.07) is 0. The average Bonchev–Trinajstić information content (AvgIpc) is 2.67. The zero-order valence-electron chi connectivity index (χ0n) is 9.07. The first-order valence-electron chi connectivity index (χ1n) is 5.77. The summed E-state index contributed by atoms with van der Waals surface area (Å²) >= 11 is 0. The summed E-state index contributed by atoms with van der Waals surface area (Å²) in [6.45, 7) is 0.937. The number of fused-ring (bicyclic) bond motifs is 2. The van der Waals surface area contributed by atoms with Crippen LogP contribution < -0.4 is 0 Å². The molecule has 0 radical (unpaired) electrons. The molecule has 2 atom stereocenters. The third-order valence-corrected chi connectivity index (χ3v) is 4.00. The molecule has 2 aliphatic rings. The van der Waals surface area contributed by atoms with E-state index in [1.807, 2.05) is 0 Å². The van der Waals surface area contributed by atoms with Crippen LogP contribution in [-0.2, 0) is 17.6 Å². The van der Waals surface area contributed by atoms with E-state index in [1.54, 1.807) is 7.11 Å². The second-order valence-electron chi connectivity index (χ2n) is 4.74. The van der Waals surface area contributed by atoms with E-state index >= 15 is 0 Å². The van der Waals surface area contributed by atoms with Crippen LogP contribution in [0.5, 0.6) is 0 Å². The van der Waals surface area contributed by atoms with Crippen LogP contribution in [0.3, 0.4) is 0 Å². The Hall–Kier alpha value is -0.900. The minimum Gasteiger partial charge on any atom is -0.384 e. The average molecular weight is 207 g/mol. The molecule has 1 saturated carbocycles. The Morgan fingerprint density at radius 3 is 2.33 bits per heavy atom. The molecule has 15 heavy (non-hydrogen) atoms. The second-order valence-corrected chi connectivity index (χ2v) is 4.74. The lowest BCUT2D eigenvalue weighted by molar-refractivity contribution is 0.176. The van der Waals surface area contributed by atoms with Gasteiger partial charge in [-0.05, 0) is 43.4 Å². The van der Waals surface area contributed by atoms with Crippen molar-refractivity contribution in [3.05, 3.63) is 11.4 Å². The van der Waals surface area contributed by atoms with Crippen molar-refractivity contribution in [2.24, 2.45) is 17.8 Å². The van der Waals surface area contributed by atoms with E-state index < -0.39 is 0 Å². The Morgan fingerprint density at radius 2 is 1.80 bits per heavy atom. The van der Waals surface area contributed by atoms with Crippen LogP contribution in [-0.4, -0.2) is 29.1 Å². The second kappa shape index (κ2) is 3.59. The summed E-state index contributed by atoms with van der Waals surface area (Å²) in [5, 5.41) is 11.2. The predicted octanol–water partition coefficient (Wildman–Crippen LogP) is 1.19. The van der Waals surface area contributed by atoms with E-state index in [0.717, 1.165) is 37.2 Å². The molecule has 2 unspecified atom stereocenters. The number of hydrogen-bond donors (Lipinski definition) is 1. The third kappa shape index (κ3) is 1.57. The fourth-order valence-electron chi connectivity index (χ4n) is 3.10. The molecular formula is C11H17N3O. The first-order valence-corrected chi connectivity index (χ1v) is 5.77. The van der Waals surface area contributed by atoms with Crippen molar-refractivity contribution in [2.45, 2.75) is 25.7 Å². The first kappa shape index (κ1) is 9.33. The van der Waals surface area contributed by atoms with Crippen molar-refractivity contribution in [1.82, 2.24) is 15.4 Å². The minimum atomic E-state index is 0.808. The van der Waals surface area contributed by atoms with Gasteiger partial charge < -0.3 is 4.74 Å². The fourth-order valence-corrected chi connectivity index (χ4v) is 3.10. The lowest BCUT2D eigenvalue weighted by Gasteiger charge is -2.04. The van der Waals surface area contributed by atoms with Crippen LogP contribution in [0.1, 0.15) is 24.2 Å². The molecule has 0 saturated heterocycles. The zero-order chi connectivity index (χ0) is 10.3. The van der Waals surface area contributed by atoms with Gasteiger partial charge in [0.1, 0.15) is 0 Å². The van der Waals surface area contributed by atoms with Crippen LogP contribution in [0.15, 0.2) is 0 Å². The van der Waals surface area contributed by atoms with Gasteiger partial charge in [-0.2, -0.15) is 15.4 Å². The van der Waals surface area contributed by atoms with Gasteiger partial charge in [0.05, 0.1) is 11.4 Å². The monoisotopic (exact) mass is 207 g/mol. The molecule has 1 fully saturated rings. The van der Waals surface area contributed by atoms with Crippen molar-refractivity contribution in [3.63, 3.8) is 0 Å². The van der Waals surface area contributed by atoms with Crippen LogP contribution in [0, 0.1) is 17.8 Å². The van der Waals surface area contributed by atoms with E-state index in [1.165, 1.54) is 24.2 Å². The summed E-state index contributed by atoms with van der Waals surface area (Å²) in [7, 11) is 1.80. The van der Waals surface area contributed by atoms with Gasteiger partial charge in [-0.15, -0.1) is 0 Å². The molecule has 2 aliphatic carbocycles. The highest BCUT2D eigenvalue weighted by molar-refractivity contribution is 5.13. The molecule has 1 heterocycles. The summed E-state index contributed by atoms with van der Waals surface area (Å²) in [6.07, 6.45) is 4.71. The maximum atomic E-state index is 5.26. The minimum absolute atomic E-state index is 0.808. The zero-order valence-corrected chi connectivity index (χ0v) is 9.07. The molecule has 4 nitrogen and oxygen atoms in total. The molecule has 0 aromatic carbocycles. The van der Waals surface area contributed by atoms with Crippen molar-refractivity contribution >= 4 is 0 Å². The summed E-state index contributed by atoms with van der Waals surface area (Å²) in [5.74, 6) is 2.58. The van der Waals surface area contributed by atoms with Crippen molar-refractivity contribution in [3.8, 4) is 0 Å². The number of aromatic nitrogens is 3. The number of nitrogens with zero attached hydrogens (tertiary/aromatic N) is 2. The van der Waals surface area contributed by atoms with Crippen molar-refractivity contribution in [1.29, 1.82) is 0 Å². The van der Waals surface area contributed by atoms with E-state index in [-0.39, 0.29) is 0 Å². The quantitative estimate of drug-likeness (QED) is 0.792. The number of nitrogens with one attached hydrogen (secondary N) is 1. The van der Waals surface area contributed by atoms with Gasteiger partial charge in [0.25, 0.3) is 0 Å². The number of ether oxygens (including phenoxy) is 1. The highest BCUT2D eigenvalue weighted by Crippen LogP contribution is 2.52. The molecular weight excluding hydrogens is 190 g/mol. The molecule has 3 rings (SSSR count). The molecule has 1 aromatic rings. The predicted molar refractivity (Wildman–Crippen MR) is 55.4 cm³/mol. The van der Waals surface area contributed by atoms with Crippen LogP contribution >= 0.6 is 0 Å². The SMILES string of the molecule is COCC1C2CCc3n[nH]nc3CCC21. The molecule has 1 N–H and O–H groups in total. The van der Waals surface area contributed by atoms with Crippen LogP contribution in [0.2, 0.25) is 0 Å². The lowest BCUT2D eigenvalue weighted by atomic mass is 10.0. The maximum absolute atomic E-state index is 5.26. The Morgan fingerprint density at radius 1 is 1.20 bits per heavy atom. The Labute approximate surface area is 89.4 Å². The number of H-pyrrole nitrogens is 1. The van der Waals surface area contributed by atoms with E-state index in [0.29, 0.717) is 0 Å². The molecule has 0 spiro atoms. The van der Waals surface area contributed by atoms with Gasteiger partial charge in [0, 0.05) is 13.7 Å². The molecule has 0 amide bonds.